The summed E-state index contributed by atoms with van der Waals surface area (Å²) in [5.74, 6) is 0.896. The molecule has 0 spiro atoms. The van der Waals surface area contributed by atoms with E-state index >= 15 is 0 Å². The van der Waals surface area contributed by atoms with Gasteiger partial charge in [0, 0.05) is 31.4 Å². The summed E-state index contributed by atoms with van der Waals surface area (Å²) in [6, 6.07) is 9.87. The number of hydrogen-bond donors (Lipinski definition) is 1. The maximum absolute atomic E-state index is 6.18. The number of benzene rings is 1. The van der Waals surface area contributed by atoms with Crippen LogP contribution in [0.15, 0.2) is 36.5 Å². The van der Waals surface area contributed by atoms with E-state index in [1.807, 2.05) is 31.3 Å². The predicted molar refractivity (Wildman–Crippen MR) is 90.2 cm³/mol. The van der Waals surface area contributed by atoms with E-state index in [9.17, 15) is 0 Å². The van der Waals surface area contributed by atoms with Crippen molar-refractivity contribution in [2.75, 3.05) is 18.5 Å². The van der Waals surface area contributed by atoms with Gasteiger partial charge in [-0.15, -0.1) is 0 Å². The van der Waals surface area contributed by atoms with Gasteiger partial charge in [0.05, 0.1) is 5.02 Å². The van der Waals surface area contributed by atoms with Crippen LogP contribution in [-0.2, 0) is 13.1 Å². The lowest BCUT2D eigenvalue weighted by Crippen LogP contribution is -2.19. The van der Waals surface area contributed by atoms with Crippen molar-refractivity contribution in [3.8, 4) is 0 Å². The van der Waals surface area contributed by atoms with Crippen LogP contribution in [-0.4, -0.2) is 18.6 Å². The van der Waals surface area contributed by atoms with E-state index in [-0.39, 0.29) is 0 Å². The second kappa shape index (κ2) is 7.64. The summed E-state index contributed by atoms with van der Waals surface area (Å²) >= 11 is 12.2. The van der Waals surface area contributed by atoms with Crippen molar-refractivity contribution in [3.05, 3.63) is 57.7 Å². The van der Waals surface area contributed by atoms with Gasteiger partial charge in [-0.1, -0.05) is 42.3 Å². The third-order valence-corrected chi connectivity index (χ3v) is 3.76. The van der Waals surface area contributed by atoms with E-state index in [0.717, 1.165) is 41.6 Å². The molecule has 0 amide bonds. The fraction of sp³-hybridized carbons (Fsp3) is 0.312. The molecule has 112 valence electrons. The van der Waals surface area contributed by atoms with E-state index in [1.165, 1.54) is 0 Å². The molecule has 1 N–H and O–H groups in total. The van der Waals surface area contributed by atoms with E-state index < -0.39 is 0 Å². The number of hydrogen-bond acceptors (Lipinski definition) is 3. The van der Waals surface area contributed by atoms with Crippen LogP contribution in [0.5, 0.6) is 0 Å². The number of nitrogens with zero attached hydrogens (tertiary/aromatic N) is 2. The third-order valence-electron chi connectivity index (χ3n) is 3.19. The molecule has 0 saturated heterocycles. The summed E-state index contributed by atoms with van der Waals surface area (Å²) in [5.41, 5.74) is 2.21. The lowest BCUT2D eigenvalue weighted by Gasteiger charge is -2.19. The number of anilines is 1. The van der Waals surface area contributed by atoms with Crippen molar-refractivity contribution in [2.24, 2.45) is 0 Å². The van der Waals surface area contributed by atoms with E-state index in [1.54, 1.807) is 6.20 Å². The minimum Gasteiger partial charge on any atom is -0.355 e. The maximum atomic E-state index is 6.18. The standard InChI is InChI=1S/C16H19Cl2N3/c1-3-19-9-13-8-16(20-10-15(13)18)21(2)11-12-5-4-6-14(17)7-12/h4-8,10,19H,3,9,11H2,1-2H3. The Hall–Kier alpha value is -1.29. The van der Waals surface area contributed by atoms with Crippen LogP contribution in [0.1, 0.15) is 18.1 Å². The van der Waals surface area contributed by atoms with E-state index in [0.29, 0.717) is 5.02 Å². The molecule has 0 aliphatic rings. The van der Waals surface area contributed by atoms with Crippen LogP contribution in [0.25, 0.3) is 0 Å². The molecule has 0 radical (unpaired) electrons. The second-order valence-corrected chi connectivity index (χ2v) is 5.74. The fourth-order valence-electron chi connectivity index (χ4n) is 2.06. The molecule has 3 nitrogen and oxygen atoms in total. The van der Waals surface area contributed by atoms with Gasteiger partial charge in [0.15, 0.2) is 0 Å². The molecule has 0 fully saturated rings. The van der Waals surface area contributed by atoms with Gasteiger partial charge in [0.25, 0.3) is 0 Å². The molecule has 0 aliphatic carbocycles. The van der Waals surface area contributed by atoms with Crippen LogP contribution < -0.4 is 10.2 Å². The largest absolute Gasteiger partial charge is 0.355 e. The maximum Gasteiger partial charge on any atom is 0.128 e. The first kappa shape index (κ1) is 16.1. The second-order valence-electron chi connectivity index (χ2n) is 4.90. The molecule has 0 saturated carbocycles. The highest BCUT2D eigenvalue weighted by Crippen LogP contribution is 2.21. The quantitative estimate of drug-likeness (QED) is 0.866. The Labute approximate surface area is 135 Å². The molecule has 5 heteroatoms. The molecule has 21 heavy (non-hydrogen) atoms. The van der Waals surface area contributed by atoms with Crippen LogP contribution in [0, 0.1) is 0 Å². The molecule has 0 unspecified atom stereocenters. The normalized spacial score (nSPS) is 10.7. The number of nitrogens with one attached hydrogen (secondary N) is 1. The summed E-state index contributed by atoms with van der Waals surface area (Å²) < 4.78 is 0. The van der Waals surface area contributed by atoms with Crippen molar-refractivity contribution < 1.29 is 0 Å². The highest BCUT2D eigenvalue weighted by Gasteiger charge is 2.08. The van der Waals surface area contributed by atoms with Gasteiger partial charge in [-0.3, -0.25) is 0 Å². The third kappa shape index (κ3) is 4.60. The Morgan fingerprint density at radius 1 is 1.24 bits per heavy atom. The SMILES string of the molecule is CCNCc1cc(N(C)Cc2cccc(Cl)c2)ncc1Cl. The molecule has 0 bridgehead atoms. The van der Waals surface area contributed by atoms with Gasteiger partial charge in [0.1, 0.15) is 5.82 Å². The molecule has 1 aromatic carbocycles. The first-order valence-corrected chi connectivity index (χ1v) is 7.66. The van der Waals surface area contributed by atoms with Crippen LogP contribution in [0.3, 0.4) is 0 Å². The Bertz CT molecular complexity index is 602. The summed E-state index contributed by atoms with van der Waals surface area (Å²) in [6.45, 7) is 4.47. The lowest BCUT2D eigenvalue weighted by atomic mass is 10.2. The Morgan fingerprint density at radius 2 is 2.05 bits per heavy atom. The number of pyridine rings is 1. The Kier molecular flexibility index (Phi) is 5.85. The van der Waals surface area contributed by atoms with E-state index in [4.69, 9.17) is 23.2 Å². The Morgan fingerprint density at radius 3 is 2.76 bits per heavy atom. The number of halogens is 2. The van der Waals surface area contributed by atoms with Crippen LogP contribution in [0.4, 0.5) is 5.82 Å². The van der Waals surface area contributed by atoms with Crippen LogP contribution >= 0.6 is 23.2 Å². The van der Waals surface area contributed by atoms with Crippen molar-refractivity contribution >= 4 is 29.0 Å². The minimum atomic E-state index is 0.691. The topological polar surface area (TPSA) is 28.2 Å². The molecule has 0 atom stereocenters. The average Bonchev–Trinajstić information content (AvgIpc) is 2.46. The molecular formula is C16H19Cl2N3. The summed E-state index contributed by atoms with van der Waals surface area (Å²) in [7, 11) is 2.01. The zero-order chi connectivity index (χ0) is 15.2. The average molecular weight is 324 g/mol. The van der Waals surface area contributed by atoms with E-state index in [2.05, 4.69) is 28.2 Å². The van der Waals surface area contributed by atoms with Crippen molar-refractivity contribution in [2.45, 2.75) is 20.0 Å². The zero-order valence-corrected chi connectivity index (χ0v) is 13.7. The van der Waals surface area contributed by atoms with Gasteiger partial charge < -0.3 is 10.2 Å². The van der Waals surface area contributed by atoms with Gasteiger partial charge in [-0.2, -0.15) is 0 Å². The highest BCUT2D eigenvalue weighted by molar-refractivity contribution is 6.31. The molecular weight excluding hydrogens is 305 g/mol. The molecule has 2 aromatic rings. The van der Waals surface area contributed by atoms with Crippen molar-refractivity contribution in [3.63, 3.8) is 0 Å². The number of rotatable bonds is 6. The van der Waals surface area contributed by atoms with Gasteiger partial charge in [0.2, 0.25) is 0 Å². The van der Waals surface area contributed by atoms with Gasteiger partial charge in [-0.25, -0.2) is 4.98 Å². The summed E-state index contributed by atoms with van der Waals surface area (Å²) in [5, 5.41) is 4.72. The molecule has 0 aliphatic heterocycles. The summed E-state index contributed by atoms with van der Waals surface area (Å²) in [4.78, 5) is 6.48. The zero-order valence-electron chi connectivity index (χ0n) is 12.2. The molecule has 1 heterocycles. The minimum absolute atomic E-state index is 0.691. The monoisotopic (exact) mass is 323 g/mol. The van der Waals surface area contributed by atoms with Gasteiger partial charge >= 0.3 is 0 Å². The first-order chi connectivity index (χ1) is 10.1. The molecule has 1 aromatic heterocycles. The van der Waals surface area contributed by atoms with Crippen molar-refractivity contribution in [1.82, 2.24) is 10.3 Å². The number of aromatic nitrogens is 1. The highest BCUT2D eigenvalue weighted by atomic mass is 35.5. The molecule has 2 rings (SSSR count). The fourth-order valence-corrected chi connectivity index (χ4v) is 2.44. The first-order valence-electron chi connectivity index (χ1n) is 6.91. The Balaban J connectivity index is 2.13. The lowest BCUT2D eigenvalue weighted by molar-refractivity contribution is 0.725. The van der Waals surface area contributed by atoms with Gasteiger partial charge in [-0.05, 0) is 35.9 Å². The smallest absolute Gasteiger partial charge is 0.128 e. The summed E-state index contributed by atoms with van der Waals surface area (Å²) in [6.07, 6.45) is 1.71. The van der Waals surface area contributed by atoms with Crippen molar-refractivity contribution in [1.29, 1.82) is 0 Å². The predicted octanol–water partition coefficient (Wildman–Crippen LogP) is 4.13. The van der Waals surface area contributed by atoms with Crippen LogP contribution in [0.2, 0.25) is 10.0 Å².